The van der Waals surface area contributed by atoms with E-state index < -0.39 is 4.92 Å². The van der Waals surface area contributed by atoms with Gasteiger partial charge in [-0.05, 0) is 6.07 Å². The first kappa shape index (κ1) is 11.4. The van der Waals surface area contributed by atoms with Crippen LogP contribution in [0.4, 0.5) is 5.69 Å². The Morgan fingerprint density at radius 3 is 2.82 bits per heavy atom. The van der Waals surface area contributed by atoms with E-state index in [9.17, 15) is 10.1 Å². The molecule has 88 valence electrons. The van der Waals surface area contributed by atoms with E-state index >= 15 is 0 Å². The lowest BCUT2D eigenvalue weighted by molar-refractivity contribution is -0.384. The fraction of sp³-hybridized carbons (Fsp3) is 0.100. The summed E-state index contributed by atoms with van der Waals surface area (Å²) in [4.78, 5) is 17.0. The molecule has 0 unspecified atom stereocenters. The number of hydrogen-bond donors (Lipinski definition) is 1. The first-order chi connectivity index (χ1) is 8.11. The third-order valence-electron chi connectivity index (χ3n) is 2.20. The Morgan fingerprint density at radius 2 is 2.29 bits per heavy atom. The number of hydrogen-bond acceptors (Lipinski definition) is 4. The van der Waals surface area contributed by atoms with Crippen LogP contribution in [0.1, 0.15) is 0 Å². The van der Waals surface area contributed by atoms with Gasteiger partial charge in [-0.1, -0.05) is 11.6 Å². The maximum atomic E-state index is 10.6. The lowest BCUT2D eigenvalue weighted by atomic mass is 10.1. The van der Waals surface area contributed by atoms with Crippen molar-refractivity contribution in [1.82, 2.24) is 9.97 Å². The number of aromatic amines is 1. The second-order valence-electron chi connectivity index (χ2n) is 3.22. The SMILES string of the molecule is COc1cc([N+](=O)[O-])ccc1-c1ncc(Cl)[nH]1. The summed E-state index contributed by atoms with van der Waals surface area (Å²) in [6, 6.07) is 4.28. The molecule has 1 N–H and O–H groups in total. The minimum absolute atomic E-state index is 0.0387. The molecule has 7 heteroatoms. The van der Waals surface area contributed by atoms with Gasteiger partial charge in [-0.3, -0.25) is 10.1 Å². The first-order valence-corrected chi connectivity index (χ1v) is 5.03. The maximum absolute atomic E-state index is 10.6. The van der Waals surface area contributed by atoms with E-state index in [2.05, 4.69) is 9.97 Å². The summed E-state index contributed by atoms with van der Waals surface area (Å²) in [6.45, 7) is 0. The quantitative estimate of drug-likeness (QED) is 0.673. The molecule has 1 aromatic heterocycles. The monoisotopic (exact) mass is 253 g/mol. The summed E-state index contributed by atoms with van der Waals surface area (Å²) in [5.41, 5.74) is 0.577. The summed E-state index contributed by atoms with van der Waals surface area (Å²) in [6.07, 6.45) is 1.46. The fourth-order valence-corrected chi connectivity index (χ4v) is 1.56. The molecule has 0 aliphatic carbocycles. The van der Waals surface area contributed by atoms with Gasteiger partial charge >= 0.3 is 0 Å². The molecule has 0 aliphatic rings. The lowest BCUT2D eigenvalue weighted by Crippen LogP contribution is -1.93. The van der Waals surface area contributed by atoms with Crippen LogP contribution in [-0.4, -0.2) is 22.0 Å². The maximum Gasteiger partial charge on any atom is 0.273 e. The van der Waals surface area contributed by atoms with Crippen LogP contribution in [0.5, 0.6) is 5.75 Å². The average molecular weight is 254 g/mol. The van der Waals surface area contributed by atoms with Crippen molar-refractivity contribution in [3.05, 3.63) is 39.7 Å². The number of halogens is 1. The van der Waals surface area contributed by atoms with Crippen LogP contribution in [-0.2, 0) is 0 Å². The molecule has 0 amide bonds. The average Bonchev–Trinajstić information content (AvgIpc) is 2.74. The zero-order chi connectivity index (χ0) is 12.4. The van der Waals surface area contributed by atoms with Crippen molar-refractivity contribution in [2.45, 2.75) is 0 Å². The Morgan fingerprint density at radius 1 is 1.53 bits per heavy atom. The number of nitro benzene ring substituents is 1. The lowest BCUT2D eigenvalue weighted by Gasteiger charge is -2.05. The van der Waals surface area contributed by atoms with Crippen molar-refractivity contribution in [2.75, 3.05) is 7.11 Å². The normalized spacial score (nSPS) is 10.2. The van der Waals surface area contributed by atoms with Gasteiger partial charge in [0.2, 0.25) is 0 Å². The van der Waals surface area contributed by atoms with Gasteiger partial charge < -0.3 is 9.72 Å². The van der Waals surface area contributed by atoms with Gasteiger partial charge in [0.1, 0.15) is 16.7 Å². The van der Waals surface area contributed by atoms with Crippen LogP contribution in [0.15, 0.2) is 24.4 Å². The highest BCUT2D eigenvalue weighted by molar-refractivity contribution is 6.29. The highest BCUT2D eigenvalue weighted by atomic mass is 35.5. The van der Waals surface area contributed by atoms with Gasteiger partial charge in [-0.15, -0.1) is 0 Å². The fourth-order valence-electron chi connectivity index (χ4n) is 1.42. The zero-order valence-electron chi connectivity index (χ0n) is 8.81. The molecule has 1 aromatic carbocycles. The van der Waals surface area contributed by atoms with E-state index in [0.717, 1.165) is 0 Å². The number of ether oxygens (including phenoxy) is 1. The van der Waals surface area contributed by atoms with Crippen molar-refractivity contribution in [2.24, 2.45) is 0 Å². The zero-order valence-corrected chi connectivity index (χ0v) is 9.56. The Labute approximate surface area is 101 Å². The van der Waals surface area contributed by atoms with Crippen LogP contribution >= 0.6 is 11.6 Å². The van der Waals surface area contributed by atoms with Crippen molar-refractivity contribution >= 4 is 17.3 Å². The Hall–Kier alpha value is -2.08. The third-order valence-corrected chi connectivity index (χ3v) is 2.39. The molecular formula is C10H8ClN3O3. The predicted molar refractivity (Wildman–Crippen MR) is 62.2 cm³/mol. The molecule has 0 aliphatic heterocycles. The molecule has 0 saturated heterocycles. The molecule has 17 heavy (non-hydrogen) atoms. The van der Waals surface area contributed by atoms with E-state index in [-0.39, 0.29) is 5.69 Å². The van der Waals surface area contributed by atoms with Gasteiger partial charge in [0.15, 0.2) is 0 Å². The third kappa shape index (κ3) is 2.21. The summed E-state index contributed by atoms with van der Waals surface area (Å²) in [5, 5.41) is 11.0. The smallest absolute Gasteiger partial charge is 0.273 e. The second kappa shape index (κ2) is 4.42. The van der Waals surface area contributed by atoms with Gasteiger partial charge in [0.25, 0.3) is 5.69 Å². The van der Waals surface area contributed by atoms with Gasteiger partial charge in [-0.25, -0.2) is 4.98 Å². The number of imidazole rings is 1. The summed E-state index contributed by atoms with van der Waals surface area (Å²) < 4.78 is 5.09. The number of methoxy groups -OCH3 is 1. The number of nitrogens with one attached hydrogen (secondary N) is 1. The number of benzene rings is 1. The van der Waals surface area contributed by atoms with Gasteiger partial charge in [0, 0.05) is 6.07 Å². The van der Waals surface area contributed by atoms with Gasteiger partial charge in [0.05, 0.1) is 29.9 Å². The molecule has 1 heterocycles. The number of nitro groups is 1. The molecule has 0 bridgehead atoms. The Kier molecular flexibility index (Phi) is 2.97. The molecule has 0 radical (unpaired) electrons. The molecule has 2 aromatic rings. The van der Waals surface area contributed by atoms with Crippen LogP contribution in [0.3, 0.4) is 0 Å². The number of non-ortho nitro benzene ring substituents is 1. The minimum Gasteiger partial charge on any atom is -0.496 e. The van der Waals surface area contributed by atoms with E-state index in [1.54, 1.807) is 6.07 Å². The van der Waals surface area contributed by atoms with E-state index in [1.165, 1.54) is 25.4 Å². The molecular weight excluding hydrogens is 246 g/mol. The molecule has 0 atom stereocenters. The van der Waals surface area contributed by atoms with E-state index in [0.29, 0.717) is 22.3 Å². The predicted octanol–water partition coefficient (Wildman–Crippen LogP) is 2.65. The van der Waals surface area contributed by atoms with Crippen LogP contribution < -0.4 is 4.74 Å². The van der Waals surface area contributed by atoms with Gasteiger partial charge in [-0.2, -0.15) is 0 Å². The van der Waals surface area contributed by atoms with Crippen molar-refractivity contribution in [1.29, 1.82) is 0 Å². The summed E-state index contributed by atoms with van der Waals surface area (Å²) >= 11 is 5.72. The number of H-pyrrole nitrogens is 1. The van der Waals surface area contributed by atoms with Crippen LogP contribution in [0.25, 0.3) is 11.4 Å². The largest absolute Gasteiger partial charge is 0.496 e. The van der Waals surface area contributed by atoms with Crippen molar-refractivity contribution in [3.8, 4) is 17.1 Å². The summed E-state index contributed by atoms with van der Waals surface area (Å²) in [7, 11) is 1.44. The van der Waals surface area contributed by atoms with E-state index in [1.807, 2.05) is 0 Å². The van der Waals surface area contributed by atoms with Crippen LogP contribution in [0.2, 0.25) is 5.15 Å². The standard InChI is InChI=1S/C10H8ClN3O3/c1-17-8-4-6(14(15)16)2-3-7(8)10-12-5-9(11)13-10/h2-5H,1H3,(H,12,13). The number of aromatic nitrogens is 2. The minimum atomic E-state index is -0.485. The molecule has 2 rings (SSSR count). The van der Waals surface area contributed by atoms with Crippen LogP contribution in [0, 0.1) is 10.1 Å². The summed E-state index contributed by atoms with van der Waals surface area (Å²) in [5.74, 6) is 0.868. The van der Waals surface area contributed by atoms with E-state index in [4.69, 9.17) is 16.3 Å². The second-order valence-corrected chi connectivity index (χ2v) is 3.63. The first-order valence-electron chi connectivity index (χ1n) is 4.65. The topological polar surface area (TPSA) is 81.1 Å². The molecule has 0 fully saturated rings. The molecule has 0 saturated carbocycles. The highest BCUT2D eigenvalue weighted by Crippen LogP contribution is 2.31. The molecule has 0 spiro atoms. The Balaban J connectivity index is 2.51. The molecule has 6 nitrogen and oxygen atoms in total. The van der Waals surface area contributed by atoms with Crippen molar-refractivity contribution in [3.63, 3.8) is 0 Å². The highest BCUT2D eigenvalue weighted by Gasteiger charge is 2.14. The van der Waals surface area contributed by atoms with Crippen molar-refractivity contribution < 1.29 is 9.66 Å². The number of rotatable bonds is 3. The number of nitrogens with zero attached hydrogens (tertiary/aromatic N) is 2. The Bertz CT molecular complexity index is 568.